The maximum atomic E-state index is 10.3. The fourth-order valence-electron chi connectivity index (χ4n) is 10.2. The van der Waals surface area contributed by atoms with Gasteiger partial charge in [-0.25, -0.2) is 24.9 Å². The van der Waals surface area contributed by atoms with Gasteiger partial charge in [-0.3, -0.25) is 0 Å². The second-order valence-corrected chi connectivity index (χ2v) is 21.3. The van der Waals surface area contributed by atoms with E-state index >= 15 is 0 Å². The molecule has 17 rings (SSSR count). The van der Waals surface area contributed by atoms with Gasteiger partial charge in [0.2, 0.25) is 29.5 Å². The van der Waals surface area contributed by atoms with Gasteiger partial charge in [0.05, 0.1) is 27.8 Å². The maximum absolute atomic E-state index is 10.3. The SMILES string of the molecule is Cc1ccc(O)c(-c2nc3ccccc3o2)c1.Cc1ccc2oc(-c3ccccc3O)nc2c1.Oc1cc(-c2ccccc2)ccc1-c1nc2ccccc2o1.Oc1ccc2ccccc2c1-c1nc2ccccc2o1.Oc1ccccc1-c1nc2ccccc2o1.[Zn].[Zn].[Zn].[Zn].[Zn]. The van der Waals surface area contributed by atoms with E-state index in [1.807, 2.05) is 226 Å². The summed E-state index contributed by atoms with van der Waals surface area (Å²) >= 11 is 0. The van der Waals surface area contributed by atoms with Crippen LogP contribution in [0.2, 0.25) is 0 Å². The Kier molecular flexibility index (Phi) is 25.2. The third kappa shape index (κ3) is 16.8. The molecule has 0 amide bonds. The number of para-hydroxylation sites is 10. The maximum Gasteiger partial charge on any atom is 0.231 e. The second-order valence-electron chi connectivity index (χ2n) is 21.3. The molecule has 0 fully saturated rings. The number of oxazole rings is 5. The first-order valence-electron chi connectivity index (χ1n) is 29.2. The number of phenols is 5. The van der Waals surface area contributed by atoms with Crippen molar-refractivity contribution in [2.45, 2.75) is 13.8 Å². The smallest absolute Gasteiger partial charge is 0.231 e. The summed E-state index contributed by atoms with van der Waals surface area (Å²) in [6.45, 7) is 3.97. The number of hydrogen-bond acceptors (Lipinski definition) is 15. The Hall–Kier alpha value is -9.63. The van der Waals surface area contributed by atoms with E-state index in [1.54, 1.807) is 54.6 Å². The number of nitrogens with zero attached hydrogens (tertiary/aromatic N) is 5. The first-order chi connectivity index (χ1) is 45.0. The van der Waals surface area contributed by atoms with E-state index < -0.39 is 0 Å². The molecular weight excluding hydrogens is 1480 g/mol. The number of hydrogen-bond donors (Lipinski definition) is 5. The minimum Gasteiger partial charge on any atom is -0.507 e. The number of rotatable bonds is 6. The molecule has 0 saturated carbocycles. The molecular formula is C77H55N5O10Zn5. The summed E-state index contributed by atoms with van der Waals surface area (Å²) < 4.78 is 28.3. The number of aryl methyl sites for hydroxylation is 2. The minimum atomic E-state index is 0. The summed E-state index contributed by atoms with van der Waals surface area (Å²) in [6, 6.07) is 82.3. The van der Waals surface area contributed by atoms with Crippen LogP contribution in [0.15, 0.2) is 289 Å². The van der Waals surface area contributed by atoms with Gasteiger partial charge in [-0.15, -0.1) is 0 Å². The molecule has 12 aromatic carbocycles. The van der Waals surface area contributed by atoms with E-state index in [2.05, 4.69) is 24.9 Å². The molecule has 17 aromatic rings. The Morgan fingerprint density at radius 2 is 0.619 bits per heavy atom. The van der Waals surface area contributed by atoms with Crippen molar-refractivity contribution in [1.29, 1.82) is 0 Å². The van der Waals surface area contributed by atoms with Gasteiger partial charge in [-0.2, -0.15) is 0 Å². The van der Waals surface area contributed by atoms with Crippen LogP contribution in [0.4, 0.5) is 0 Å². The van der Waals surface area contributed by atoms with Gasteiger partial charge in [-0.1, -0.05) is 157 Å². The van der Waals surface area contributed by atoms with Crippen LogP contribution in [0.1, 0.15) is 11.1 Å². The Morgan fingerprint density at radius 3 is 1.12 bits per heavy atom. The van der Waals surface area contributed by atoms with E-state index in [0.717, 1.165) is 82.9 Å². The van der Waals surface area contributed by atoms with Crippen molar-refractivity contribution in [3.05, 3.63) is 278 Å². The van der Waals surface area contributed by atoms with E-state index in [9.17, 15) is 25.5 Å². The Morgan fingerprint density at radius 1 is 0.247 bits per heavy atom. The summed E-state index contributed by atoms with van der Waals surface area (Å²) in [5.74, 6) is 3.09. The summed E-state index contributed by atoms with van der Waals surface area (Å²) in [4.78, 5) is 21.9. The summed E-state index contributed by atoms with van der Waals surface area (Å²) in [7, 11) is 0. The van der Waals surface area contributed by atoms with Crippen LogP contribution in [0.25, 0.3) is 135 Å². The van der Waals surface area contributed by atoms with Gasteiger partial charge in [0.1, 0.15) is 56.3 Å². The monoisotopic (exact) mass is 1530 g/mol. The van der Waals surface area contributed by atoms with E-state index in [0.29, 0.717) is 62.9 Å². The van der Waals surface area contributed by atoms with Gasteiger partial charge in [0.25, 0.3) is 0 Å². The van der Waals surface area contributed by atoms with Gasteiger partial charge < -0.3 is 47.6 Å². The summed E-state index contributed by atoms with van der Waals surface area (Å²) in [5.41, 5.74) is 14.9. The number of fused-ring (bicyclic) bond motifs is 6. The first-order valence-corrected chi connectivity index (χ1v) is 29.2. The molecule has 0 atom stereocenters. The second kappa shape index (κ2) is 33.4. The van der Waals surface area contributed by atoms with Gasteiger partial charge in [0.15, 0.2) is 27.9 Å². The Labute approximate surface area is 619 Å². The predicted octanol–water partition coefficient (Wildman–Crippen LogP) is 19.4. The molecule has 0 saturated heterocycles. The van der Waals surface area contributed by atoms with Crippen molar-refractivity contribution in [3.63, 3.8) is 0 Å². The molecule has 0 aliphatic heterocycles. The van der Waals surface area contributed by atoms with Gasteiger partial charge >= 0.3 is 0 Å². The van der Waals surface area contributed by atoms with Crippen LogP contribution in [-0.2, 0) is 97.4 Å². The molecule has 0 aliphatic rings. The van der Waals surface area contributed by atoms with E-state index in [1.165, 1.54) is 0 Å². The molecule has 0 bridgehead atoms. The molecule has 5 heterocycles. The molecule has 0 radical (unpaired) electrons. The normalized spacial score (nSPS) is 10.4. The zero-order chi connectivity index (χ0) is 63.1. The molecule has 0 unspecified atom stereocenters. The van der Waals surface area contributed by atoms with Crippen LogP contribution in [0, 0.1) is 13.8 Å². The fourth-order valence-corrected chi connectivity index (χ4v) is 10.2. The first kappa shape index (κ1) is 73.2. The van der Waals surface area contributed by atoms with Crippen molar-refractivity contribution >= 4 is 66.3 Å². The van der Waals surface area contributed by atoms with Gasteiger partial charge in [0, 0.05) is 97.4 Å². The molecule has 20 heteroatoms. The fraction of sp³-hybridized carbons (Fsp3) is 0.0260. The predicted molar refractivity (Wildman–Crippen MR) is 358 cm³/mol. The number of aromatic hydroxyl groups is 5. The quantitative estimate of drug-likeness (QED) is 0.0975. The van der Waals surface area contributed by atoms with Crippen LogP contribution in [-0.4, -0.2) is 50.5 Å². The molecule has 0 aliphatic carbocycles. The molecule has 5 N–H and O–H groups in total. The number of phenolic OH excluding ortho intramolecular Hbond substituents is 5. The molecule has 5 aromatic heterocycles. The van der Waals surface area contributed by atoms with Crippen molar-refractivity contribution in [1.82, 2.24) is 24.9 Å². The van der Waals surface area contributed by atoms with Crippen LogP contribution >= 0.6 is 0 Å². The van der Waals surface area contributed by atoms with E-state index in [4.69, 9.17) is 22.1 Å². The zero-order valence-electron chi connectivity index (χ0n) is 53.0. The van der Waals surface area contributed by atoms with Crippen molar-refractivity contribution in [2.24, 2.45) is 0 Å². The Balaban J connectivity index is 0.000000154. The van der Waals surface area contributed by atoms with Crippen molar-refractivity contribution < 1.29 is 145 Å². The Bertz CT molecular complexity index is 5330. The van der Waals surface area contributed by atoms with Crippen LogP contribution < -0.4 is 0 Å². The molecule has 458 valence electrons. The molecule has 0 spiro atoms. The third-order valence-electron chi connectivity index (χ3n) is 14.8. The molecule has 97 heavy (non-hydrogen) atoms. The topological polar surface area (TPSA) is 231 Å². The molecule has 15 nitrogen and oxygen atoms in total. The summed E-state index contributed by atoms with van der Waals surface area (Å²) in [5, 5.41) is 51.7. The number of benzene rings is 12. The third-order valence-corrected chi connectivity index (χ3v) is 14.8. The summed E-state index contributed by atoms with van der Waals surface area (Å²) in [6.07, 6.45) is 0. The van der Waals surface area contributed by atoms with Crippen LogP contribution in [0.5, 0.6) is 28.7 Å². The van der Waals surface area contributed by atoms with Crippen molar-refractivity contribution in [2.75, 3.05) is 0 Å². The number of aromatic nitrogens is 5. The van der Waals surface area contributed by atoms with Gasteiger partial charge in [-0.05, 0) is 157 Å². The standard InChI is InChI=1S/C19H13NO2.C17H11NO2.2C14H11NO2.C13H9NO2.5Zn/c21-17-12-14(13-6-2-1-3-7-13)10-11-15(17)19-20-16-8-4-5-9-18(16)22-19;19-14-10-9-11-5-1-2-6-12(11)16(14)17-18-13-7-3-4-8-15(13)20-17;1-9-6-7-12(16)10(8-9)14-15-11-4-2-3-5-13(11)17-14;1-9-6-7-13-11(8-9)15-14(17-13)10-4-2-3-5-12(10)16;15-11-7-3-1-5-9(11)13-14-10-6-2-4-8-12(10)16-13;;;;;/h1-12,21H;1-10,19H;2*2-8,16H,1H3;1-8,15H;;;;;. The largest absolute Gasteiger partial charge is 0.507 e. The average Bonchev–Trinajstić information content (AvgIpc) is 1.77. The average molecular weight is 1540 g/mol. The van der Waals surface area contributed by atoms with E-state index in [-0.39, 0.29) is 126 Å². The van der Waals surface area contributed by atoms with Crippen molar-refractivity contribution in [3.8, 4) is 97.1 Å². The zero-order valence-corrected chi connectivity index (χ0v) is 67.8. The minimum absolute atomic E-state index is 0. The van der Waals surface area contributed by atoms with Crippen LogP contribution in [0.3, 0.4) is 0 Å².